The van der Waals surface area contributed by atoms with Crippen molar-refractivity contribution in [3.8, 4) is 0 Å². The van der Waals surface area contributed by atoms with E-state index in [0.29, 0.717) is 25.0 Å². The number of benzene rings is 2. The topological polar surface area (TPSA) is 204 Å². The van der Waals surface area contributed by atoms with Crippen LogP contribution < -0.4 is 11.1 Å². The van der Waals surface area contributed by atoms with Crippen LogP contribution in [-0.2, 0) is 52.5 Å². The SMILES string of the molecule is CCOC(=O)C1=C(COC(C)=O)NC(C)=C(C(=O)OC)C1c1cccc(F)c1C1CC1(F)F.CCOC(=O)CC(=O)CC.COC(=O)/C=C(/C)N.O=Cc1cccc(F)c1C1CC1(F)F. The zero-order valence-electron chi connectivity index (χ0n) is 37.0. The van der Waals surface area contributed by atoms with Gasteiger partial charge in [-0.05, 0) is 45.4 Å². The number of hydrogen-bond donors (Lipinski definition) is 2. The molecule has 3 atom stereocenters. The molecule has 3 N–H and O–H groups in total. The Hall–Kier alpha value is -6.47. The number of allylic oxidation sites excluding steroid dienone is 2. The van der Waals surface area contributed by atoms with Crippen LogP contribution in [0.5, 0.6) is 0 Å². The number of alkyl halides is 4. The molecule has 20 heteroatoms. The van der Waals surface area contributed by atoms with Gasteiger partial charge in [0.15, 0.2) is 0 Å². The summed E-state index contributed by atoms with van der Waals surface area (Å²) in [5.41, 5.74) is 5.30. The van der Waals surface area contributed by atoms with Gasteiger partial charge in [0, 0.05) is 60.3 Å². The monoisotopic (exact) mass is 926 g/mol. The highest BCUT2D eigenvalue weighted by Gasteiger charge is 2.60. The van der Waals surface area contributed by atoms with Gasteiger partial charge < -0.3 is 34.7 Å². The number of hydrogen-bond acceptors (Lipinski definition) is 14. The lowest BCUT2D eigenvalue weighted by Crippen LogP contribution is -2.35. The molecule has 0 radical (unpaired) electrons. The zero-order chi connectivity index (χ0) is 49.4. The molecule has 3 aliphatic rings. The summed E-state index contributed by atoms with van der Waals surface area (Å²) in [4.78, 5) is 79.1. The third-order valence-corrected chi connectivity index (χ3v) is 9.51. The fraction of sp³-hybridized carbons (Fsp3) is 0.444. The Morgan fingerprint density at radius 3 is 1.77 bits per heavy atom. The number of rotatable bonds is 14. The van der Waals surface area contributed by atoms with Gasteiger partial charge >= 0.3 is 29.8 Å². The number of dihydropyridines is 1. The second kappa shape index (κ2) is 24.6. The van der Waals surface area contributed by atoms with Crippen LogP contribution in [0.15, 0.2) is 70.7 Å². The fourth-order valence-corrected chi connectivity index (χ4v) is 6.32. The van der Waals surface area contributed by atoms with Crippen LogP contribution in [0.4, 0.5) is 26.3 Å². The third kappa shape index (κ3) is 15.6. The second-order valence-corrected chi connectivity index (χ2v) is 14.4. The molecular weight excluding hydrogens is 874 g/mol. The molecule has 356 valence electrons. The molecule has 1 aliphatic heterocycles. The zero-order valence-corrected chi connectivity index (χ0v) is 37.0. The molecule has 2 aromatic rings. The summed E-state index contributed by atoms with van der Waals surface area (Å²) in [7, 11) is 2.44. The van der Waals surface area contributed by atoms with E-state index in [9.17, 15) is 59.9 Å². The van der Waals surface area contributed by atoms with Crippen LogP contribution in [-0.4, -0.2) is 87.8 Å². The Kier molecular flexibility index (Phi) is 20.6. The lowest BCUT2D eigenvalue weighted by molar-refractivity contribution is -0.146. The van der Waals surface area contributed by atoms with E-state index >= 15 is 0 Å². The number of methoxy groups -OCH3 is 2. The molecule has 0 amide bonds. The van der Waals surface area contributed by atoms with E-state index in [2.05, 4.69) is 14.8 Å². The lowest BCUT2D eigenvalue weighted by atomic mass is 9.77. The van der Waals surface area contributed by atoms with Crippen molar-refractivity contribution in [2.75, 3.05) is 34.0 Å². The lowest BCUT2D eigenvalue weighted by Gasteiger charge is -2.32. The van der Waals surface area contributed by atoms with Crippen molar-refractivity contribution >= 4 is 41.9 Å². The van der Waals surface area contributed by atoms with Crippen molar-refractivity contribution in [3.05, 3.63) is 105 Å². The average Bonchev–Trinajstić information content (AvgIpc) is 4.09. The number of nitrogens with two attached hydrogens (primary N) is 1. The van der Waals surface area contributed by atoms with Crippen LogP contribution in [0.3, 0.4) is 0 Å². The minimum atomic E-state index is -3.11. The molecule has 0 saturated heterocycles. The fourth-order valence-electron chi connectivity index (χ4n) is 6.32. The number of Topliss-reactive ketones (excluding diaryl/α,β-unsaturated/α-hetero) is 1. The van der Waals surface area contributed by atoms with Crippen LogP contribution >= 0.6 is 0 Å². The molecule has 2 aromatic carbocycles. The molecule has 2 saturated carbocycles. The smallest absolute Gasteiger partial charge is 0.336 e. The van der Waals surface area contributed by atoms with Crippen LogP contribution in [0.2, 0.25) is 0 Å². The van der Waals surface area contributed by atoms with Crippen LogP contribution in [0.25, 0.3) is 0 Å². The Bertz CT molecular complexity index is 2200. The van der Waals surface area contributed by atoms with Gasteiger partial charge in [-0.25, -0.2) is 40.7 Å². The highest BCUT2D eigenvalue weighted by atomic mass is 19.3. The number of carbonyl (C=O) groups is 7. The van der Waals surface area contributed by atoms with E-state index in [0.717, 1.165) is 19.2 Å². The number of esters is 5. The van der Waals surface area contributed by atoms with E-state index in [1.54, 1.807) is 27.7 Å². The Labute approximate surface area is 371 Å². The van der Waals surface area contributed by atoms with Crippen molar-refractivity contribution in [2.45, 2.75) is 96.8 Å². The molecule has 65 heavy (non-hydrogen) atoms. The minimum Gasteiger partial charge on any atom is -0.466 e. The van der Waals surface area contributed by atoms with Gasteiger partial charge in [0.25, 0.3) is 11.8 Å². The van der Waals surface area contributed by atoms with Gasteiger partial charge in [0.2, 0.25) is 0 Å². The van der Waals surface area contributed by atoms with Crippen molar-refractivity contribution < 1.29 is 83.6 Å². The summed E-state index contributed by atoms with van der Waals surface area (Å²) in [5.74, 6) is -14.6. The number of aldehydes is 1. The first-order chi connectivity index (χ1) is 30.5. The van der Waals surface area contributed by atoms with E-state index < -0.39 is 77.5 Å². The summed E-state index contributed by atoms with van der Waals surface area (Å²) in [6.45, 7) is 9.25. The summed E-state index contributed by atoms with van der Waals surface area (Å²) >= 11 is 0. The maximum Gasteiger partial charge on any atom is 0.336 e. The predicted molar refractivity (Wildman–Crippen MR) is 220 cm³/mol. The number of ketones is 1. The summed E-state index contributed by atoms with van der Waals surface area (Å²) in [6.07, 6.45) is 1.03. The molecule has 0 spiro atoms. The summed E-state index contributed by atoms with van der Waals surface area (Å²) < 4.78 is 105. The molecule has 1 heterocycles. The van der Waals surface area contributed by atoms with Gasteiger partial charge in [-0.2, -0.15) is 0 Å². The predicted octanol–water partition coefficient (Wildman–Crippen LogP) is 7.16. The third-order valence-electron chi connectivity index (χ3n) is 9.51. The first-order valence-electron chi connectivity index (χ1n) is 20.0. The molecule has 2 aliphatic carbocycles. The van der Waals surface area contributed by atoms with E-state index in [-0.39, 0.29) is 76.6 Å². The Balaban J connectivity index is 0.000000368. The average molecular weight is 927 g/mol. The molecule has 0 bridgehead atoms. The quantitative estimate of drug-likeness (QED) is 0.0482. The number of nitrogens with one attached hydrogen (secondary N) is 1. The van der Waals surface area contributed by atoms with Crippen molar-refractivity contribution in [3.63, 3.8) is 0 Å². The number of halogens is 6. The first kappa shape index (κ1) is 54.7. The van der Waals surface area contributed by atoms with Crippen molar-refractivity contribution in [1.29, 1.82) is 0 Å². The van der Waals surface area contributed by atoms with Gasteiger partial charge in [-0.3, -0.25) is 19.2 Å². The standard InChI is InChI=1S/C23H24F3NO6.C10H7F3O.C7H12O3.C5H9NO2/c1-5-32-22(30)20-16(10-33-12(3)28)27-11(2)17(21(29)31-4)19(20)13-7-6-8-15(24)18(13)14-9-23(14,25)26;11-8-3-1-2-6(5-14)9(8)7-4-10(7,12)13;1-3-6(8)5-7(9)10-4-2;1-4(6)3-5(7)8-2/h6-8,14,19,27H,5,9-10H2,1-4H3;1-3,5,7H,4H2;3-5H2,1-2H3;3H,6H2,1-2H3/b;;;4-3-. The minimum absolute atomic E-state index is 0.0156. The maximum atomic E-state index is 14.9. The van der Waals surface area contributed by atoms with Crippen LogP contribution in [0, 0.1) is 11.6 Å². The highest BCUT2D eigenvalue weighted by Crippen LogP contribution is 2.59. The van der Waals surface area contributed by atoms with E-state index in [1.165, 1.54) is 51.3 Å². The second-order valence-electron chi connectivity index (χ2n) is 14.4. The highest BCUT2D eigenvalue weighted by molar-refractivity contribution is 6.00. The number of ether oxygens (including phenoxy) is 5. The van der Waals surface area contributed by atoms with Gasteiger partial charge in [-0.15, -0.1) is 0 Å². The van der Waals surface area contributed by atoms with Crippen molar-refractivity contribution in [2.24, 2.45) is 5.73 Å². The number of carbonyl (C=O) groups excluding carboxylic acids is 7. The van der Waals surface area contributed by atoms with Gasteiger partial charge in [0.1, 0.15) is 36.7 Å². The summed E-state index contributed by atoms with van der Waals surface area (Å²) in [5, 5.41) is 2.86. The van der Waals surface area contributed by atoms with Crippen LogP contribution in [0.1, 0.15) is 112 Å². The maximum absolute atomic E-state index is 14.9. The van der Waals surface area contributed by atoms with Crippen molar-refractivity contribution in [1.82, 2.24) is 5.32 Å². The molecular formula is C45H52F6N2O12. The van der Waals surface area contributed by atoms with Gasteiger partial charge in [0.05, 0.1) is 62.0 Å². The van der Waals surface area contributed by atoms with E-state index in [4.69, 9.17) is 19.9 Å². The summed E-state index contributed by atoms with van der Waals surface area (Å²) in [6, 6.07) is 7.53. The molecule has 2 fully saturated rings. The molecule has 3 unspecified atom stereocenters. The van der Waals surface area contributed by atoms with E-state index in [1.807, 2.05) is 0 Å². The molecule has 5 rings (SSSR count). The molecule has 14 nitrogen and oxygen atoms in total. The first-order valence-corrected chi connectivity index (χ1v) is 20.0. The molecule has 0 aromatic heterocycles. The Morgan fingerprint density at radius 2 is 1.32 bits per heavy atom. The normalized spacial score (nSPS) is 18.6. The Morgan fingerprint density at radius 1 is 0.785 bits per heavy atom. The largest absolute Gasteiger partial charge is 0.466 e. The van der Waals surface area contributed by atoms with Gasteiger partial charge in [-0.1, -0.05) is 31.2 Å².